The fourth-order valence-electron chi connectivity index (χ4n) is 4.79. The standard InChI is InChI=1S/C24H25NO5/c1-13-3-6-16(7-4-13)23(27)25-14(2)29-24(28)19-11-22-18(10-20(19)25)17-8-5-15(12-26)9-21(17)30-22/h5,8-11,13-14,16,26H,3-4,6-7,12H2,1-2H3. The number of cyclic esters (lactones) is 1. The van der Waals surface area contributed by atoms with Gasteiger partial charge in [-0.1, -0.05) is 19.1 Å². The average Bonchev–Trinajstić information content (AvgIpc) is 3.09. The average molecular weight is 407 g/mol. The van der Waals surface area contributed by atoms with Crippen molar-refractivity contribution in [2.75, 3.05) is 4.90 Å². The SMILES string of the molecule is CC1CCC(C(=O)N2c3cc4c(cc3C(=O)OC2C)oc2cc(CO)ccc24)CC1. The number of benzene rings is 2. The largest absolute Gasteiger partial charge is 0.456 e. The van der Waals surface area contributed by atoms with Gasteiger partial charge in [0.15, 0.2) is 6.23 Å². The Bertz CT molecular complexity index is 1160. The number of furan rings is 1. The van der Waals surface area contributed by atoms with E-state index in [9.17, 15) is 14.7 Å². The Kier molecular flexibility index (Phi) is 4.54. The van der Waals surface area contributed by atoms with E-state index in [1.54, 1.807) is 24.0 Å². The molecule has 1 saturated carbocycles. The van der Waals surface area contributed by atoms with Crippen molar-refractivity contribution in [1.29, 1.82) is 0 Å². The predicted molar refractivity (Wildman–Crippen MR) is 113 cm³/mol. The Morgan fingerprint density at radius 2 is 1.80 bits per heavy atom. The number of hydrogen-bond acceptors (Lipinski definition) is 5. The van der Waals surface area contributed by atoms with Crippen LogP contribution >= 0.6 is 0 Å². The molecule has 1 aromatic heterocycles. The molecule has 0 saturated heterocycles. The van der Waals surface area contributed by atoms with Gasteiger partial charge in [0.1, 0.15) is 11.2 Å². The van der Waals surface area contributed by atoms with Gasteiger partial charge in [0.25, 0.3) is 0 Å². The van der Waals surface area contributed by atoms with Crippen LogP contribution in [0.5, 0.6) is 0 Å². The number of rotatable bonds is 2. The number of aliphatic hydroxyl groups excluding tert-OH is 1. The molecular formula is C24H25NO5. The van der Waals surface area contributed by atoms with Crippen LogP contribution in [0.4, 0.5) is 5.69 Å². The highest BCUT2D eigenvalue weighted by atomic mass is 16.6. The summed E-state index contributed by atoms with van der Waals surface area (Å²) in [4.78, 5) is 27.7. The molecule has 5 rings (SSSR count). The summed E-state index contributed by atoms with van der Waals surface area (Å²) in [7, 11) is 0. The summed E-state index contributed by atoms with van der Waals surface area (Å²) in [5, 5.41) is 11.1. The number of nitrogens with zero attached hydrogens (tertiary/aromatic N) is 1. The molecule has 0 spiro atoms. The number of anilines is 1. The third-order valence-corrected chi connectivity index (χ3v) is 6.56. The Hall–Kier alpha value is -2.86. The van der Waals surface area contributed by atoms with E-state index >= 15 is 0 Å². The second-order valence-corrected chi connectivity index (χ2v) is 8.63. The Labute approximate surface area is 174 Å². The highest BCUT2D eigenvalue weighted by Crippen LogP contribution is 2.40. The number of fused-ring (bicyclic) bond motifs is 4. The van der Waals surface area contributed by atoms with Gasteiger partial charge >= 0.3 is 5.97 Å². The topological polar surface area (TPSA) is 80.0 Å². The smallest absolute Gasteiger partial charge is 0.342 e. The lowest BCUT2D eigenvalue weighted by atomic mass is 9.82. The molecule has 2 aliphatic rings. The molecule has 6 heteroatoms. The van der Waals surface area contributed by atoms with E-state index in [1.807, 2.05) is 18.2 Å². The minimum atomic E-state index is -0.645. The first-order chi connectivity index (χ1) is 14.5. The van der Waals surface area contributed by atoms with Gasteiger partial charge in [-0.3, -0.25) is 9.69 Å². The lowest BCUT2D eigenvalue weighted by Gasteiger charge is -2.37. The molecule has 1 fully saturated rings. The van der Waals surface area contributed by atoms with Crippen molar-refractivity contribution in [1.82, 2.24) is 0 Å². The number of aliphatic hydroxyl groups is 1. The van der Waals surface area contributed by atoms with E-state index in [0.717, 1.165) is 42.0 Å². The van der Waals surface area contributed by atoms with Crippen molar-refractivity contribution in [3.8, 4) is 0 Å². The zero-order chi connectivity index (χ0) is 21.0. The molecule has 2 heterocycles. The monoisotopic (exact) mass is 407 g/mol. The molecule has 3 aromatic rings. The predicted octanol–water partition coefficient (Wildman–Crippen LogP) is 4.75. The quantitative estimate of drug-likeness (QED) is 0.620. The van der Waals surface area contributed by atoms with Gasteiger partial charge in [0.05, 0.1) is 17.9 Å². The van der Waals surface area contributed by atoms with Gasteiger partial charge in [0.2, 0.25) is 5.91 Å². The van der Waals surface area contributed by atoms with E-state index in [-0.39, 0.29) is 18.4 Å². The van der Waals surface area contributed by atoms with Gasteiger partial charge in [-0.05, 0) is 62.3 Å². The maximum Gasteiger partial charge on any atom is 0.342 e. The van der Waals surface area contributed by atoms with E-state index in [2.05, 4.69) is 6.92 Å². The fourth-order valence-corrected chi connectivity index (χ4v) is 4.79. The number of ether oxygens (including phenoxy) is 1. The second kappa shape index (κ2) is 7.13. The number of carbonyl (C=O) groups is 2. The van der Waals surface area contributed by atoms with Crippen LogP contribution in [0.1, 0.15) is 55.5 Å². The van der Waals surface area contributed by atoms with Crippen LogP contribution in [0.3, 0.4) is 0 Å². The molecule has 2 aromatic carbocycles. The van der Waals surface area contributed by atoms with Gasteiger partial charge in [-0.25, -0.2) is 4.79 Å². The van der Waals surface area contributed by atoms with Gasteiger partial charge in [-0.2, -0.15) is 0 Å². The Balaban J connectivity index is 1.63. The van der Waals surface area contributed by atoms with E-state index < -0.39 is 12.2 Å². The van der Waals surface area contributed by atoms with Crippen molar-refractivity contribution >= 4 is 39.5 Å². The van der Waals surface area contributed by atoms with Crippen LogP contribution in [-0.4, -0.2) is 23.2 Å². The summed E-state index contributed by atoms with van der Waals surface area (Å²) in [6.07, 6.45) is 3.18. The lowest BCUT2D eigenvalue weighted by Crippen LogP contribution is -2.48. The maximum absolute atomic E-state index is 13.4. The number of hydrogen-bond donors (Lipinski definition) is 1. The van der Waals surface area contributed by atoms with E-state index in [1.165, 1.54) is 0 Å². The van der Waals surface area contributed by atoms with Crippen LogP contribution < -0.4 is 4.90 Å². The zero-order valence-corrected chi connectivity index (χ0v) is 17.2. The molecule has 1 aliphatic carbocycles. The second-order valence-electron chi connectivity index (χ2n) is 8.63. The summed E-state index contributed by atoms with van der Waals surface area (Å²) in [5.41, 5.74) is 2.88. The molecule has 1 atom stereocenters. The van der Waals surface area contributed by atoms with Crippen molar-refractivity contribution in [2.45, 2.75) is 52.4 Å². The molecular weight excluding hydrogens is 382 g/mol. The summed E-state index contributed by atoms with van der Waals surface area (Å²) in [5.74, 6) is 0.186. The Morgan fingerprint density at radius 3 is 2.53 bits per heavy atom. The zero-order valence-electron chi connectivity index (χ0n) is 17.2. The van der Waals surface area contributed by atoms with Crippen LogP contribution in [0.2, 0.25) is 0 Å². The first kappa shape index (κ1) is 19.1. The highest BCUT2D eigenvalue weighted by molar-refractivity contribution is 6.13. The molecule has 1 unspecified atom stereocenters. The van der Waals surface area contributed by atoms with E-state index in [4.69, 9.17) is 9.15 Å². The van der Waals surface area contributed by atoms with Crippen LogP contribution in [0, 0.1) is 11.8 Å². The molecule has 1 N–H and O–H groups in total. The van der Waals surface area contributed by atoms with Crippen molar-refractivity contribution < 1.29 is 23.8 Å². The summed E-state index contributed by atoms with van der Waals surface area (Å²) >= 11 is 0. The van der Waals surface area contributed by atoms with Crippen molar-refractivity contribution in [3.63, 3.8) is 0 Å². The summed E-state index contributed by atoms with van der Waals surface area (Å²) < 4.78 is 11.4. The molecule has 156 valence electrons. The minimum absolute atomic E-state index is 0.0258. The first-order valence-electron chi connectivity index (χ1n) is 10.6. The first-order valence-corrected chi connectivity index (χ1v) is 10.6. The van der Waals surface area contributed by atoms with Gasteiger partial charge in [0, 0.05) is 16.7 Å². The van der Waals surface area contributed by atoms with Crippen molar-refractivity contribution in [2.24, 2.45) is 11.8 Å². The molecule has 1 amide bonds. The van der Waals surface area contributed by atoms with Crippen LogP contribution in [0.15, 0.2) is 34.7 Å². The number of carbonyl (C=O) groups excluding carboxylic acids is 2. The Morgan fingerprint density at radius 1 is 1.07 bits per heavy atom. The van der Waals surface area contributed by atoms with Gasteiger partial charge in [-0.15, -0.1) is 0 Å². The van der Waals surface area contributed by atoms with E-state index in [0.29, 0.717) is 28.3 Å². The van der Waals surface area contributed by atoms with Crippen LogP contribution in [-0.2, 0) is 16.1 Å². The molecule has 6 nitrogen and oxygen atoms in total. The fraction of sp³-hybridized carbons (Fsp3) is 0.417. The number of amides is 1. The molecule has 30 heavy (non-hydrogen) atoms. The maximum atomic E-state index is 13.4. The molecule has 1 aliphatic heterocycles. The normalized spacial score (nSPS) is 24.2. The van der Waals surface area contributed by atoms with Crippen molar-refractivity contribution in [3.05, 3.63) is 41.5 Å². The molecule has 0 bridgehead atoms. The third-order valence-electron chi connectivity index (χ3n) is 6.56. The highest BCUT2D eigenvalue weighted by Gasteiger charge is 2.38. The van der Waals surface area contributed by atoms with Crippen LogP contribution in [0.25, 0.3) is 21.9 Å². The summed E-state index contributed by atoms with van der Waals surface area (Å²) in [6, 6.07) is 9.08. The number of esters is 1. The minimum Gasteiger partial charge on any atom is -0.456 e. The summed E-state index contributed by atoms with van der Waals surface area (Å²) in [6.45, 7) is 3.90. The lowest BCUT2D eigenvalue weighted by molar-refractivity contribution is -0.125. The van der Waals surface area contributed by atoms with Gasteiger partial charge < -0.3 is 14.3 Å². The third kappa shape index (κ3) is 2.98. The molecule has 0 radical (unpaired) electrons.